The summed E-state index contributed by atoms with van der Waals surface area (Å²) in [7, 11) is 0. The van der Waals surface area contributed by atoms with Crippen LogP contribution in [0.2, 0.25) is 5.02 Å². The van der Waals surface area contributed by atoms with E-state index in [0.29, 0.717) is 13.0 Å². The molecule has 37 heavy (non-hydrogen) atoms. The minimum atomic E-state index is -1.13. The van der Waals surface area contributed by atoms with Crippen LogP contribution >= 0.6 is 11.6 Å². The van der Waals surface area contributed by atoms with Gasteiger partial charge in [0.25, 0.3) is 5.91 Å². The first kappa shape index (κ1) is 26.4. The number of halogens is 1. The highest BCUT2D eigenvalue weighted by molar-refractivity contribution is 6.33. The number of nitrogens with zero attached hydrogens (tertiary/aromatic N) is 1. The van der Waals surface area contributed by atoms with Crippen molar-refractivity contribution >= 4 is 29.4 Å². The first-order valence-electron chi connectivity index (χ1n) is 12.2. The Morgan fingerprint density at radius 2 is 1.68 bits per heavy atom. The summed E-state index contributed by atoms with van der Waals surface area (Å²) in [6.07, 6.45) is 2.73. The van der Waals surface area contributed by atoms with Crippen LogP contribution in [-0.4, -0.2) is 51.6 Å². The Balaban J connectivity index is 1.43. The standard InChI is InChI=1S/C29H29ClN2O5/c30-24-9-2-1-8-23(24)27(33)31-25(28(34)35)17-19-11-13-21(14-12-19)22-7-5-6-20(16-22)18-32-15-4-3-10-26(32)29(36)37/h1-2,5-9,11-14,16,25-26H,3-4,10,15,17-18H2,(H,31,33)(H,34,35)(H,36,37)/t25-,26?/m0/s1. The van der Waals surface area contributed by atoms with E-state index in [2.05, 4.69) is 11.4 Å². The summed E-state index contributed by atoms with van der Waals surface area (Å²) in [5.74, 6) is -2.44. The third-order valence-electron chi connectivity index (χ3n) is 6.66. The third kappa shape index (κ3) is 6.76. The number of hydrogen-bond acceptors (Lipinski definition) is 4. The van der Waals surface area contributed by atoms with Crippen LogP contribution in [-0.2, 0) is 22.6 Å². The number of carboxylic acids is 2. The van der Waals surface area contributed by atoms with Gasteiger partial charge in [-0.25, -0.2) is 4.79 Å². The van der Waals surface area contributed by atoms with Gasteiger partial charge in [-0.2, -0.15) is 0 Å². The first-order chi connectivity index (χ1) is 17.8. The van der Waals surface area contributed by atoms with Gasteiger partial charge in [0.2, 0.25) is 0 Å². The number of benzene rings is 3. The Kier molecular flexibility index (Phi) is 8.58. The average molecular weight is 521 g/mol. The minimum Gasteiger partial charge on any atom is -0.480 e. The zero-order valence-electron chi connectivity index (χ0n) is 20.3. The van der Waals surface area contributed by atoms with Crippen LogP contribution in [0.25, 0.3) is 11.1 Å². The van der Waals surface area contributed by atoms with Crippen LogP contribution in [0.5, 0.6) is 0 Å². The number of amides is 1. The van der Waals surface area contributed by atoms with E-state index in [9.17, 15) is 24.6 Å². The largest absolute Gasteiger partial charge is 0.480 e. The highest BCUT2D eigenvalue weighted by atomic mass is 35.5. The second-order valence-corrected chi connectivity index (χ2v) is 9.67. The normalized spacial score (nSPS) is 16.6. The Hall–Kier alpha value is -3.68. The van der Waals surface area contributed by atoms with E-state index in [1.807, 2.05) is 47.4 Å². The number of likely N-dealkylation sites (tertiary alicyclic amines) is 1. The average Bonchev–Trinajstić information content (AvgIpc) is 2.89. The van der Waals surface area contributed by atoms with Gasteiger partial charge in [-0.1, -0.05) is 72.6 Å². The molecule has 1 saturated heterocycles. The maximum absolute atomic E-state index is 12.5. The SMILES string of the molecule is O=C(N[C@@H](Cc1ccc(-c2cccc(CN3CCCCC3C(=O)O)c2)cc1)C(=O)O)c1ccccc1Cl. The summed E-state index contributed by atoms with van der Waals surface area (Å²) in [5, 5.41) is 22.0. The van der Waals surface area contributed by atoms with Crippen molar-refractivity contribution in [3.05, 3.63) is 94.5 Å². The van der Waals surface area contributed by atoms with Crippen molar-refractivity contribution in [1.82, 2.24) is 10.2 Å². The van der Waals surface area contributed by atoms with Crippen molar-refractivity contribution < 1.29 is 24.6 Å². The second kappa shape index (κ2) is 12.0. The monoisotopic (exact) mass is 520 g/mol. The van der Waals surface area contributed by atoms with E-state index < -0.39 is 29.9 Å². The Morgan fingerprint density at radius 1 is 0.919 bits per heavy atom. The summed E-state index contributed by atoms with van der Waals surface area (Å²) in [4.78, 5) is 38.0. The van der Waals surface area contributed by atoms with Gasteiger partial charge >= 0.3 is 11.9 Å². The topological polar surface area (TPSA) is 107 Å². The van der Waals surface area contributed by atoms with E-state index >= 15 is 0 Å². The molecule has 7 nitrogen and oxygen atoms in total. The lowest BCUT2D eigenvalue weighted by Gasteiger charge is -2.32. The van der Waals surface area contributed by atoms with Gasteiger partial charge < -0.3 is 15.5 Å². The molecule has 1 aliphatic heterocycles. The molecule has 0 bridgehead atoms. The summed E-state index contributed by atoms with van der Waals surface area (Å²) in [6, 6.07) is 20.5. The number of hydrogen-bond donors (Lipinski definition) is 3. The fourth-order valence-corrected chi connectivity index (χ4v) is 4.92. The van der Waals surface area contributed by atoms with Crippen molar-refractivity contribution in [1.29, 1.82) is 0 Å². The van der Waals surface area contributed by atoms with Crippen molar-refractivity contribution in [2.45, 2.75) is 44.3 Å². The number of aliphatic carboxylic acids is 2. The van der Waals surface area contributed by atoms with E-state index in [4.69, 9.17) is 11.6 Å². The van der Waals surface area contributed by atoms with Gasteiger partial charge in [0, 0.05) is 13.0 Å². The zero-order valence-corrected chi connectivity index (χ0v) is 21.0. The fourth-order valence-electron chi connectivity index (χ4n) is 4.69. The molecule has 0 spiro atoms. The highest BCUT2D eigenvalue weighted by Crippen LogP contribution is 2.25. The van der Waals surface area contributed by atoms with Gasteiger partial charge in [-0.3, -0.25) is 14.5 Å². The molecular formula is C29H29ClN2O5. The lowest BCUT2D eigenvalue weighted by Crippen LogP contribution is -2.43. The zero-order chi connectivity index (χ0) is 26.4. The number of piperidine rings is 1. The fraction of sp³-hybridized carbons (Fsp3) is 0.276. The van der Waals surface area contributed by atoms with E-state index in [1.54, 1.807) is 24.3 Å². The summed E-state index contributed by atoms with van der Waals surface area (Å²) < 4.78 is 0. The molecule has 4 rings (SSSR count). The van der Waals surface area contributed by atoms with Gasteiger partial charge in [0.05, 0.1) is 10.6 Å². The molecule has 3 aromatic carbocycles. The molecule has 8 heteroatoms. The molecule has 192 valence electrons. The molecular weight excluding hydrogens is 492 g/mol. The second-order valence-electron chi connectivity index (χ2n) is 9.27. The molecule has 1 fully saturated rings. The lowest BCUT2D eigenvalue weighted by atomic mass is 9.98. The van der Waals surface area contributed by atoms with Crippen molar-refractivity contribution in [2.75, 3.05) is 6.54 Å². The predicted molar refractivity (Wildman–Crippen MR) is 142 cm³/mol. The van der Waals surface area contributed by atoms with Crippen LogP contribution in [0.3, 0.4) is 0 Å². The first-order valence-corrected chi connectivity index (χ1v) is 12.6. The maximum atomic E-state index is 12.5. The molecule has 1 heterocycles. The molecule has 1 aliphatic rings. The van der Waals surface area contributed by atoms with Gasteiger partial charge in [0.1, 0.15) is 12.1 Å². The Labute approximate surface area is 220 Å². The number of carbonyl (C=O) groups excluding carboxylic acids is 1. The summed E-state index contributed by atoms with van der Waals surface area (Å²) in [5.41, 5.74) is 4.00. The lowest BCUT2D eigenvalue weighted by molar-refractivity contribution is -0.145. The van der Waals surface area contributed by atoms with E-state index in [-0.39, 0.29) is 17.0 Å². The highest BCUT2D eigenvalue weighted by Gasteiger charge is 2.28. The molecule has 2 atom stereocenters. The Morgan fingerprint density at radius 3 is 2.38 bits per heavy atom. The van der Waals surface area contributed by atoms with Gasteiger partial charge in [0.15, 0.2) is 0 Å². The van der Waals surface area contributed by atoms with Crippen LogP contribution < -0.4 is 5.32 Å². The number of nitrogens with one attached hydrogen (secondary N) is 1. The summed E-state index contributed by atoms with van der Waals surface area (Å²) in [6.45, 7) is 1.35. The molecule has 1 unspecified atom stereocenters. The molecule has 0 saturated carbocycles. The molecule has 1 amide bonds. The summed E-state index contributed by atoms with van der Waals surface area (Å²) >= 11 is 6.07. The quantitative estimate of drug-likeness (QED) is 0.371. The molecule has 3 aromatic rings. The van der Waals surface area contributed by atoms with Crippen LogP contribution in [0.1, 0.15) is 40.7 Å². The minimum absolute atomic E-state index is 0.122. The van der Waals surface area contributed by atoms with Gasteiger partial charge in [-0.05, 0) is 59.8 Å². The van der Waals surface area contributed by atoms with Crippen molar-refractivity contribution in [2.24, 2.45) is 0 Å². The Bertz CT molecular complexity index is 1280. The number of carbonyl (C=O) groups is 3. The molecule has 0 aromatic heterocycles. The number of carboxylic acid groups (broad SMARTS) is 2. The molecule has 3 N–H and O–H groups in total. The molecule has 0 radical (unpaired) electrons. The third-order valence-corrected chi connectivity index (χ3v) is 6.99. The van der Waals surface area contributed by atoms with Gasteiger partial charge in [-0.15, -0.1) is 0 Å². The van der Waals surface area contributed by atoms with Crippen molar-refractivity contribution in [3.63, 3.8) is 0 Å². The maximum Gasteiger partial charge on any atom is 0.326 e. The van der Waals surface area contributed by atoms with Crippen molar-refractivity contribution in [3.8, 4) is 11.1 Å². The van der Waals surface area contributed by atoms with Crippen LogP contribution in [0.4, 0.5) is 0 Å². The molecule has 0 aliphatic carbocycles. The van der Waals surface area contributed by atoms with E-state index in [0.717, 1.165) is 41.6 Å². The number of rotatable bonds is 9. The van der Waals surface area contributed by atoms with Crippen LogP contribution in [0.15, 0.2) is 72.8 Å². The predicted octanol–water partition coefficient (Wildman–Crippen LogP) is 4.87. The smallest absolute Gasteiger partial charge is 0.326 e. The van der Waals surface area contributed by atoms with E-state index in [1.165, 1.54) is 0 Å². The van der Waals surface area contributed by atoms with Crippen LogP contribution in [0, 0.1) is 0 Å².